The van der Waals surface area contributed by atoms with Crippen molar-refractivity contribution in [1.29, 1.82) is 0 Å². The number of hydrogen-bond acceptors (Lipinski definition) is 3. The second-order valence-corrected chi connectivity index (χ2v) is 6.90. The Morgan fingerprint density at radius 3 is 2.68 bits per heavy atom. The van der Waals surface area contributed by atoms with Crippen molar-refractivity contribution in [3.05, 3.63) is 47.7 Å². The summed E-state index contributed by atoms with van der Waals surface area (Å²) < 4.78 is 6.04. The number of piperidine rings is 1. The number of rotatable bonds is 3. The molecule has 1 amide bonds. The molecule has 1 fully saturated rings. The number of carbonyl (C=O) groups excluding carboxylic acids is 1. The van der Waals surface area contributed by atoms with E-state index in [4.69, 9.17) is 4.42 Å². The number of aryl methyl sites for hydroxylation is 1. The Labute approximate surface area is 147 Å². The van der Waals surface area contributed by atoms with Gasteiger partial charge in [-0.05, 0) is 31.7 Å². The van der Waals surface area contributed by atoms with Crippen molar-refractivity contribution >= 4 is 27.6 Å². The molecule has 0 saturated carbocycles. The Bertz CT molecular complexity index is 920. The van der Waals surface area contributed by atoms with Gasteiger partial charge in [0.15, 0.2) is 5.76 Å². The van der Waals surface area contributed by atoms with Crippen LogP contribution in [0.15, 0.2) is 40.8 Å². The molecule has 0 radical (unpaired) electrons. The lowest BCUT2D eigenvalue weighted by atomic mass is 10.0. The molecule has 130 valence electrons. The van der Waals surface area contributed by atoms with E-state index in [1.54, 1.807) is 0 Å². The monoisotopic (exact) mass is 336 g/mol. The minimum atomic E-state index is -0.0901. The molecule has 4 rings (SSSR count). The van der Waals surface area contributed by atoms with Crippen LogP contribution in [0.2, 0.25) is 0 Å². The van der Waals surface area contributed by atoms with Crippen LogP contribution in [-0.4, -0.2) is 36.5 Å². The van der Waals surface area contributed by atoms with Gasteiger partial charge < -0.3 is 14.6 Å². The number of likely N-dealkylation sites (tertiary alicyclic amines) is 1. The zero-order valence-electron chi connectivity index (χ0n) is 14.8. The highest BCUT2D eigenvalue weighted by molar-refractivity contribution is 6.08. The number of fused-ring (bicyclic) bond motifs is 3. The van der Waals surface area contributed by atoms with Gasteiger partial charge in [-0.3, -0.25) is 4.79 Å². The SMILES string of the molecule is CCN1CCC(NC(=O)c2oc3c(ccc4ccccc43)c2C)CC1. The second kappa shape index (κ2) is 6.52. The number of nitrogens with zero attached hydrogens (tertiary/aromatic N) is 1. The maximum Gasteiger partial charge on any atom is 0.287 e. The van der Waals surface area contributed by atoms with Crippen LogP contribution in [0.25, 0.3) is 21.7 Å². The van der Waals surface area contributed by atoms with Gasteiger partial charge in [-0.15, -0.1) is 0 Å². The molecular formula is C21H24N2O2. The fourth-order valence-electron chi connectivity index (χ4n) is 3.81. The molecule has 3 aromatic rings. The third-order valence-corrected chi connectivity index (χ3v) is 5.40. The first-order valence-electron chi connectivity index (χ1n) is 9.11. The molecule has 0 unspecified atom stereocenters. The lowest BCUT2D eigenvalue weighted by Crippen LogP contribution is -2.44. The molecule has 1 saturated heterocycles. The van der Waals surface area contributed by atoms with E-state index >= 15 is 0 Å². The first kappa shape index (κ1) is 16.2. The summed E-state index contributed by atoms with van der Waals surface area (Å²) in [6.45, 7) is 7.32. The Morgan fingerprint density at radius 2 is 1.92 bits per heavy atom. The van der Waals surface area contributed by atoms with Gasteiger partial charge in [-0.1, -0.05) is 43.3 Å². The van der Waals surface area contributed by atoms with Gasteiger partial charge in [0.25, 0.3) is 5.91 Å². The van der Waals surface area contributed by atoms with Crippen LogP contribution in [0.1, 0.15) is 35.9 Å². The van der Waals surface area contributed by atoms with Gasteiger partial charge >= 0.3 is 0 Å². The Morgan fingerprint density at radius 1 is 1.16 bits per heavy atom. The fraction of sp³-hybridized carbons (Fsp3) is 0.381. The van der Waals surface area contributed by atoms with Gasteiger partial charge in [0, 0.05) is 35.5 Å². The van der Waals surface area contributed by atoms with E-state index in [1.807, 2.05) is 31.2 Å². The smallest absolute Gasteiger partial charge is 0.287 e. The van der Waals surface area contributed by atoms with E-state index in [9.17, 15) is 4.79 Å². The molecule has 0 bridgehead atoms. The lowest BCUT2D eigenvalue weighted by Gasteiger charge is -2.31. The van der Waals surface area contributed by atoms with Crippen molar-refractivity contribution in [2.24, 2.45) is 0 Å². The third-order valence-electron chi connectivity index (χ3n) is 5.40. The van der Waals surface area contributed by atoms with Crippen molar-refractivity contribution < 1.29 is 9.21 Å². The van der Waals surface area contributed by atoms with Crippen LogP contribution in [0.4, 0.5) is 0 Å². The minimum Gasteiger partial charge on any atom is -0.450 e. The molecule has 1 aromatic heterocycles. The highest BCUT2D eigenvalue weighted by Gasteiger charge is 2.24. The van der Waals surface area contributed by atoms with Crippen molar-refractivity contribution in [2.75, 3.05) is 19.6 Å². The normalized spacial score (nSPS) is 16.6. The van der Waals surface area contributed by atoms with Gasteiger partial charge in [-0.25, -0.2) is 0 Å². The Balaban J connectivity index is 1.61. The van der Waals surface area contributed by atoms with Crippen LogP contribution in [0.3, 0.4) is 0 Å². The molecule has 0 atom stereocenters. The van der Waals surface area contributed by atoms with E-state index in [0.717, 1.165) is 59.8 Å². The van der Waals surface area contributed by atoms with E-state index in [-0.39, 0.29) is 11.9 Å². The molecule has 1 N–H and O–H groups in total. The third kappa shape index (κ3) is 2.91. The topological polar surface area (TPSA) is 45.5 Å². The maximum absolute atomic E-state index is 12.8. The van der Waals surface area contributed by atoms with E-state index in [1.165, 1.54) is 0 Å². The molecule has 4 heteroatoms. The standard InChI is InChI=1S/C21H24N2O2/c1-3-23-12-10-16(11-13-23)22-21(24)19-14(2)17-9-8-15-6-4-5-7-18(15)20(17)25-19/h4-9,16H,3,10-13H2,1-2H3,(H,22,24). The summed E-state index contributed by atoms with van der Waals surface area (Å²) in [4.78, 5) is 15.2. The number of furan rings is 1. The number of hydrogen-bond donors (Lipinski definition) is 1. The van der Waals surface area contributed by atoms with Crippen molar-refractivity contribution in [1.82, 2.24) is 10.2 Å². The van der Waals surface area contributed by atoms with E-state index in [2.05, 4.69) is 29.3 Å². The summed E-state index contributed by atoms with van der Waals surface area (Å²) in [5, 5.41) is 6.37. The molecule has 2 aromatic carbocycles. The van der Waals surface area contributed by atoms with Crippen LogP contribution in [-0.2, 0) is 0 Å². The molecule has 1 aliphatic rings. The largest absolute Gasteiger partial charge is 0.450 e. The van der Waals surface area contributed by atoms with Crippen LogP contribution in [0, 0.1) is 6.92 Å². The first-order valence-corrected chi connectivity index (χ1v) is 9.11. The van der Waals surface area contributed by atoms with Crippen molar-refractivity contribution in [2.45, 2.75) is 32.7 Å². The zero-order valence-corrected chi connectivity index (χ0v) is 14.8. The quantitative estimate of drug-likeness (QED) is 0.783. The van der Waals surface area contributed by atoms with Gasteiger partial charge in [0.2, 0.25) is 0 Å². The summed E-state index contributed by atoms with van der Waals surface area (Å²) in [6.07, 6.45) is 2.00. The summed E-state index contributed by atoms with van der Waals surface area (Å²) in [5.41, 5.74) is 1.73. The van der Waals surface area contributed by atoms with E-state index in [0.29, 0.717) is 5.76 Å². The number of amides is 1. The molecule has 4 nitrogen and oxygen atoms in total. The molecule has 1 aliphatic heterocycles. The van der Waals surface area contributed by atoms with Gasteiger partial charge in [-0.2, -0.15) is 0 Å². The highest BCUT2D eigenvalue weighted by atomic mass is 16.3. The van der Waals surface area contributed by atoms with Gasteiger partial charge in [0.1, 0.15) is 5.58 Å². The Kier molecular flexibility index (Phi) is 4.22. The maximum atomic E-state index is 12.8. The molecule has 0 spiro atoms. The predicted molar refractivity (Wildman–Crippen MR) is 101 cm³/mol. The average molecular weight is 336 g/mol. The highest BCUT2D eigenvalue weighted by Crippen LogP contribution is 2.31. The summed E-state index contributed by atoms with van der Waals surface area (Å²) in [6, 6.07) is 12.5. The summed E-state index contributed by atoms with van der Waals surface area (Å²) >= 11 is 0. The lowest BCUT2D eigenvalue weighted by molar-refractivity contribution is 0.0886. The first-order chi connectivity index (χ1) is 12.2. The van der Waals surface area contributed by atoms with Crippen molar-refractivity contribution in [3.63, 3.8) is 0 Å². The molecule has 25 heavy (non-hydrogen) atoms. The number of carbonyl (C=O) groups is 1. The minimum absolute atomic E-state index is 0.0901. The predicted octanol–water partition coefficient (Wildman–Crippen LogP) is 4.11. The average Bonchev–Trinajstić information content (AvgIpc) is 3.00. The van der Waals surface area contributed by atoms with Crippen molar-refractivity contribution in [3.8, 4) is 0 Å². The fourth-order valence-corrected chi connectivity index (χ4v) is 3.81. The van der Waals surface area contributed by atoms with Crippen LogP contribution >= 0.6 is 0 Å². The molecule has 0 aliphatic carbocycles. The zero-order chi connectivity index (χ0) is 17.4. The molecular weight excluding hydrogens is 312 g/mol. The van der Waals surface area contributed by atoms with Crippen LogP contribution < -0.4 is 5.32 Å². The second-order valence-electron chi connectivity index (χ2n) is 6.90. The molecule has 2 heterocycles. The summed E-state index contributed by atoms with van der Waals surface area (Å²) in [5.74, 6) is 0.358. The van der Waals surface area contributed by atoms with Gasteiger partial charge in [0.05, 0.1) is 0 Å². The van der Waals surface area contributed by atoms with Crippen LogP contribution in [0.5, 0.6) is 0 Å². The Hall–Kier alpha value is -2.33. The number of benzene rings is 2. The number of nitrogens with one attached hydrogen (secondary N) is 1. The summed E-state index contributed by atoms with van der Waals surface area (Å²) in [7, 11) is 0. The van der Waals surface area contributed by atoms with E-state index < -0.39 is 0 Å².